The molecule has 0 saturated carbocycles. The molecule has 9 heteroatoms. The summed E-state index contributed by atoms with van der Waals surface area (Å²) in [6, 6.07) is 1.65. The average molecular weight is 537 g/mol. The summed E-state index contributed by atoms with van der Waals surface area (Å²) in [5.41, 5.74) is 1.54. The lowest BCUT2D eigenvalue weighted by atomic mass is 9.85. The Morgan fingerprint density at radius 2 is 2.03 bits per heavy atom. The number of rotatable bonds is 3. The Bertz CT molecular complexity index is 1440. The van der Waals surface area contributed by atoms with E-state index in [2.05, 4.69) is 33.9 Å². The van der Waals surface area contributed by atoms with E-state index in [1.807, 2.05) is 18.2 Å². The van der Waals surface area contributed by atoms with Gasteiger partial charge in [-0.2, -0.15) is 0 Å². The van der Waals surface area contributed by atoms with Crippen molar-refractivity contribution >= 4 is 25.7 Å². The Morgan fingerprint density at radius 3 is 2.66 bits per heavy atom. The van der Waals surface area contributed by atoms with Crippen molar-refractivity contribution in [1.82, 2.24) is 4.57 Å². The van der Waals surface area contributed by atoms with E-state index < -0.39 is 19.6 Å². The smallest absolute Gasteiger partial charge is 0.309 e. The maximum Gasteiger partial charge on any atom is 0.309 e. The molecule has 0 fully saturated rings. The molecule has 0 amide bonds. The van der Waals surface area contributed by atoms with Crippen LogP contribution in [-0.2, 0) is 37.8 Å². The third kappa shape index (κ3) is 3.98. The number of carbonyl (C=O) groups excluding carboxylic acids is 2. The Balaban J connectivity index is 1.75. The number of aliphatic imine (C=N–C) groups is 1. The SMILES string of the molecule is CC[C@@]1(O)CC(=O)OCc2c1cc1n(c2=O)CC2=C([Si](C)(C)C(C)(C)C)C3C=C(OC(C)=O)C=CC3N=C21. The molecule has 0 bridgehead atoms. The Labute approximate surface area is 223 Å². The fraction of sp³-hybridized carbons (Fsp3) is 0.517. The Morgan fingerprint density at radius 1 is 1.32 bits per heavy atom. The minimum atomic E-state index is -2.16. The van der Waals surface area contributed by atoms with Crippen LogP contribution in [0.2, 0.25) is 18.1 Å². The Hall–Kier alpha value is -3.04. The molecule has 8 nitrogen and oxygen atoms in total. The zero-order valence-electron chi connectivity index (χ0n) is 23.2. The molecule has 3 aliphatic heterocycles. The van der Waals surface area contributed by atoms with Gasteiger partial charge < -0.3 is 19.1 Å². The summed E-state index contributed by atoms with van der Waals surface area (Å²) < 4.78 is 12.5. The second-order valence-corrected chi connectivity index (χ2v) is 17.6. The monoisotopic (exact) mass is 536 g/mol. The zero-order chi connectivity index (χ0) is 27.8. The lowest BCUT2D eigenvalue weighted by Gasteiger charge is -2.45. The van der Waals surface area contributed by atoms with Gasteiger partial charge in [-0.3, -0.25) is 19.4 Å². The number of nitrogens with zero attached hydrogens (tertiary/aromatic N) is 2. The molecule has 2 unspecified atom stereocenters. The van der Waals surface area contributed by atoms with Gasteiger partial charge in [-0.05, 0) is 40.8 Å². The maximum absolute atomic E-state index is 13.9. The van der Waals surface area contributed by atoms with Gasteiger partial charge in [-0.25, -0.2) is 0 Å². The van der Waals surface area contributed by atoms with Crippen LogP contribution in [0.3, 0.4) is 0 Å². The first kappa shape index (κ1) is 26.6. The van der Waals surface area contributed by atoms with Crippen LogP contribution in [0.1, 0.15) is 64.3 Å². The zero-order valence-corrected chi connectivity index (χ0v) is 24.2. The van der Waals surface area contributed by atoms with E-state index in [-0.39, 0.29) is 48.0 Å². The number of aliphatic hydroxyl groups is 1. The molecule has 1 aliphatic carbocycles. The highest BCUT2D eigenvalue weighted by atomic mass is 28.3. The molecule has 3 atom stereocenters. The van der Waals surface area contributed by atoms with Gasteiger partial charge in [0.15, 0.2) is 0 Å². The number of aromatic nitrogens is 1. The molecular weight excluding hydrogens is 500 g/mol. The number of fused-ring (bicyclic) bond motifs is 5. The minimum Gasteiger partial charge on any atom is -0.460 e. The summed E-state index contributed by atoms with van der Waals surface area (Å²) in [5, 5.41) is 12.8. The summed E-state index contributed by atoms with van der Waals surface area (Å²) in [5.74, 6) is -0.448. The molecule has 0 spiro atoms. The van der Waals surface area contributed by atoms with Crippen molar-refractivity contribution in [3.05, 3.63) is 68.0 Å². The molecular formula is C29H36N2O6Si. The lowest BCUT2D eigenvalue weighted by Crippen LogP contribution is -2.47. The number of pyridine rings is 1. The van der Waals surface area contributed by atoms with Gasteiger partial charge in [0.1, 0.15) is 18.0 Å². The molecule has 5 rings (SSSR count). The average Bonchev–Trinajstić information content (AvgIpc) is 3.12. The molecule has 4 heterocycles. The number of cyclic esters (lactones) is 1. The summed E-state index contributed by atoms with van der Waals surface area (Å²) in [6.45, 7) is 14.9. The number of hydrogen-bond donors (Lipinski definition) is 1. The van der Waals surface area contributed by atoms with Gasteiger partial charge in [-0.1, -0.05) is 52.1 Å². The van der Waals surface area contributed by atoms with Crippen LogP contribution in [0, 0.1) is 5.92 Å². The van der Waals surface area contributed by atoms with Crippen molar-refractivity contribution in [3.63, 3.8) is 0 Å². The van der Waals surface area contributed by atoms with Crippen LogP contribution in [0.4, 0.5) is 0 Å². The van der Waals surface area contributed by atoms with Gasteiger partial charge in [-0.15, -0.1) is 0 Å². The standard InChI is InChI=1S/C29H36N2O6Si/c1-8-29(35)13-24(33)36-15-20-21(29)12-23-25-19(14-31(23)27(20)34)26(38(6,7)28(3,4)5)18-11-17(37-16(2)32)9-10-22(18)30-25/h9-12,18,22,35H,8,13-15H2,1-7H3/t18?,22?,29-/m1/s1. The van der Waals surface area contributed by atoms with Crippen LogP contribution in [0.25, 0.3) is 0 Å². The van der Waals surface area contributed by atoms with Gasteiger partial charge in [0.2, 0.25) is 0 Å². The first-order valence-corrected chi connectivity index (χ1v) is 16.2. The molecule has 0 saturated heterocycles. The Kier molecular flexibility index (Phi) is 6.11. The highest BCUT2D eigenvalue weighted by molar-refractivity contribution is 6.87. The van der Waals surface area contributed by atoms with Crippen LogP contribution in [0.5, 0.6) is 0 Å². The molecule has 0 aromatic carbocycles. The largest absolute Gasteiger partial charge is 0.460 e. The van der Waals surface area contributed by atoms with Crippen LogP contribution < -0.4 is 5.56 Å². The third-order valence-corrected chi connectivity index (χ3v) is 14.8. The second kappa shape index (κ2) is 8.74. The lowest BCUT2D eigenvalue weighted by molar-refractivity contribution is -0.149. The van der Waals surface area contributed by atoms with Crippen molar-refractivity contribution in [2.45, 2.75) is 90.4 Å². The number of ether oxygens (including phenoxy) is 2. The van der Waals surface area contributed by atoms with E-state index in [0.717, 1.165) is 11.3 Å². The predicted octanol–water partition coefficient (Wildman–Crippen LogP) is 4.06. The summed E-state index contributed by atoms with van der Waals surface area (Å²) in [6.07, 6.45) is 5.85. The van der Waals surface area contributed by atoms with E-state index in [1.165, 1.54) is 12.1 Å². The van der Waals surface area contributed by atoms with Crippen molar-refractivity contribution in [2.24, 2.45) is 10.9 Å². The number of allylic oxidation sites excluding steroid dienone is 2. The molecule has 4 aliphatic rings. The molecule has 1 N–H and O–H groups in total. The van der Waals surface area contributed by atoms with Crippen LogP contribution >= 0.6 is 0 Å². The summed E-state index contributed by atoms with van der Waals surface area (Å²) in [4.78, 5) is 43.0. The first-order chi connectivity index (χ1) is 17.7. The van der Waals surface area contributed by atoms with E-state index in [4.69, 9.17) is 14.5 Å². The quantitative estimate of drug-likeness (QED) is 0.461. The van der Waals surface area contributed by atoms with Crippen molar-refractivity contribution in [3.8, 4) is 0 Å². The van der Waals surface area contributed by atoms with E-state index in [0.29, 0.717) is 29.1 Å². The predicted molar refractivity (Wildman–Crippen MR) is 146 cm³/mol. The van der Waals surface area contributed by atoms with Crippen LogP contribution in [0.15, 0.2) is 50.6 Å². The van der Waals surface area contributed by atoms with E-state index >= 15 is 0 Å². The van der Waals surface area contributed by atoms with Gasteiger partial charge in [0, 0.05) is 12.8 Å². The molecule has 38 heavy (non-hydrogen) atoms. The molecule has 1 aromatic heterocycles. The fourth-order valence-electron chi connectivity index (χ4n) is 6.00. The highest BCUT2D eigenvalue weighted by Gasteiger charge is 2.49. The van der Waals surface area contributed by atoms with Gasteiger partial charge >= 0.3 is 11.9 Å². The third-order valence-electron chi connectivity index (χ3n) is 9.06. The minimum absolute atomic E-state index is 0.00644. The van der Waals surface area contributed by atoms with Gasteiger partial charge in [0.25, 0.3) is 5.56 Å². The first-order valence-electron chi connectivity index (χ1n) is 13.2. The molecule has 1 aromatic rings. The summed E-state index contributed by atoms with van der Waals surface area (Å²) >= 11 is 0. The number of hydrogen-bond acceptors (Lipinski definition) is 7. The maximum atomic E-state index is 13.9. The van der Waals surface area contributed by atoms with Crippen LogP contribution in [-0.4, -0.2) is 41.4 Å². The van der Waals surface area contributed by atoms with E-state index in [1.54, 1.807) is 17.6 Å². The van der Waals surface area contributed by atoms with Crippen molar-refractivity contribution in [2.75, 3.05) is 0 Å². The van der Waals surface area contributed by atoms with E-state index in [9.17, 15) is 19.5 Å². The van der Waals surface area contributed by atoms with Crippen molar-refractivity contribution < 1.29 is 24.2 Å². The van der Waals surface area contributed by atoms with Crippen molar-refractivity contribution in [1.29, 1.82) is 0 Å². The second-order valence-electron chi connectivity index (χ2n) is 12.3. The number of carbonyl (C=O) groups is 2. The fourth-order valence-corrected chi connectivity index (χ4v) is 8.85. The highest BCUT2D eigenvalue weighted by Crippen LogP contribution is 2.50. The number of esters is 2. The topological polar surface area (TPSA) is 107 Å². The summed E-state index contributed by atoms with van der Waals surface area (Å²) in [7, 11) is -2.16. The molecule has 0 radical (unpaired) electrons. The number of dihydropyridines is 1. The normalized spacial score (nSPS) is 26.4. The molecule has 202 valence electrons. The van der Waals surface area contributed by atoms with Gasteiger partial charge in [0.05, 0.1) is 44.1 Å².